The molecule has 1 aliphatic rings. The number of hydrogen-bond donors (Lipinski definition) is 2. The molecule has 9 heteroatoms. The molecule has 1 heterocycles. The lowest BCUT2D eigenvalue weighted by molar-refractivity contribution is -0.384. The first-order chi connectivity index (χ1) is 9.88. The van der Waals surface area contributed by atoms with E-state index in [1.165, 1.54) is 24.3 Å². The molecule has 112 valence electrons. The van der Waals surface area contributed by atoms with Gasteiger partial charge in [0.05, 0.1) is 11.5 Å². The predicted molar refractivity (Wildman–Crippen MR) is 68.3 cm³/mol. The van der Waals surface area contributed by atoms with Crippen molar-refractivity contribution >= 4 is 17.7 Å². The molecule has 0 spiro atoms. The van der Waals surface area contributed by atoms with E-state index in [1.54, 1.807) is 0 Å². The molecular formula is C12H12N2O7. The topological polar surface area (TPSA) is 130 Å². The van der Waals surface area contributed by atoms with Crippen molar-refractivity contribution in [3.8, 4) is 5.75 Å². The van der Waals surface area contributed by atoms with Crippen molar-refractivity contribution < 1.29 is 29.5 Å². The van der Waals surface area contributed by atoms with Crippen LogP contribution >= 0.6 is 0 Å². The Morgan fingerprint density at radius 3 is 2.33 bits per heavy atom. The second-order valence-electron chi connectivity index (χ2n) is 4.52. The number of benzene rings is 1. The van der Waals surface area contributed by atoms with Crippen molar-refractivity contribution in [1.29, 1.82) is 0 Å². The number of carboxylic acid groups (broad SMARTS) is 2. The minimum Gasteiger partial charge on any atom is -0.488 e. The third-order valence-electron chi connectivity index (χ3n) is 3.14. The summed E-state index contributed by atoms with van der Waals surface area (Å²) in [6.07, 6.45) is -1.90. The Balaban J connectivity index is 2.05. The monoisotopic (exact) mass is 296 g/mol. The van der Waals surface area contributed by atoms with Crippen LogP contribution < -0.4 is 4.74 Å². The molecule has 2 unspecified atom stereocenters. The van der Waals surface area contributed by atoms with Crippen LogP contribution in [-0.2, 0) is 4.79 Å². The zero-order valence-corrected chi connectivity index (χ0v) is 10.7. The lowest BCUT2D eigenvalue weighted by atomic mass is 10.2. The van der Waals surface area contributed by atoms with Crippen molar-refractivity contribution in [2.45, 2.75) is 18.6 Å². The number of carbonyl (C=O) groups is 2. The number of nitrogens with zero attached hydrogens (tertiary/aromatic N) is 2. The fourth-order valence-electron chi connectivity index (χ4n) is 2.17. The largest absolute Gasteiger partial charge is 0.488 e. The van der Waals surface area contributed by atoms with Gasteiger partial charge in [-0.2, -0.15) is 0 Å². The first-order valence-electron chi connectivity index (χ1n) is 6.02. The molecule has 2 N–H and O–H groups in total. The zero-order chi connectivity index (χ0) is 15.6. The van der Waals surface area contributed by atoms with Crippen molar-refractivity contribution in [1.82, 2.24) is 4.90 Å². The Bertz CT molecular complexity index is 549. The first-order valence-corrected chi connectivity index (χ1v) is 6.02. The van der Waals surface area contributed by atoms with Crippen molar-refractivity contribution in [2.24, 2.45) is 0 Å². The van der Waals surface area contributed by atoms with Crippen LogP contribution in [0.4, 0.5) is 10.5 Å². The predicted octanol–water partition coefficient (Wildman–Crippen LogP) is 1.18. The summed E-state index contributed by atoms with van der Waals surface area (Å²) in [7, 11) is 0. The SMILES string of the molecule is O=C(O)C1CC(Oc2ccc([N+](=O)[O-])cc2)CN1C(=O)O. The molecule has 1 aromatic carbocycles. The van der Waals surface area contributed by atoms with E-state index < -0.39 is 29.1 Å². The molecule has 0 bridgehead atoms. The Kier molecular flexibility index (Phi) is 3.92. The second-order valence-corrected chi connectivity index (χ2v) is 4.52. The molecule has 1 aliphatic heterocycles. The number of amides is 1. The standard InChI is InChI=1S/C12H12N2O7/c15-11(16)10-5-9(6-13(10)12(17)18)21-8-3-1-7(2-4-8)14(19)20/h1-4,9-10H,5-6H2,(H,15,16)(H,17,18). The Morgan fingerprint density at radius 1 is 1.29 bits per heavy atom. The zero-order valence-electron chi connectivity index (χ0n) is 10.7. The molecule has 1 saturated heterocycles. The highest BCUT2D eigenvalue weighted by Crippen LogP contribution is 2.24. The van der Waals surface area contributed by atoms with Gasteiger partial charge in [0.15, 0.2) is 0 Å². The van der Waals surface area contributed by atoms with E-state index in [4.69, 9.17) is 14.9 Å². The van der Waals surface area contributed by atoms with Gasteiger partial charge in [0.2, 0.25) is 0 Å². The minimum absolute atomic E-state index is 0.0264. The van der Waals surface area contributed by atoms with Gasteiger partial charge in [-0.3, -0.25) is 15.0 Å². The number of nitro groups is 1. The smallest absolute Gasteiger partial charge is 0.408 e. The van der Waals surface area contributed by atoms with Gasteiger partial charge < -0.3 is 14.9 Å². The van der Waals surface area contributed by atoms with Crippen LogP contribution in [0.5, 0.6) is 5.75 Å². The van der Waals surface area contributed by atoms with E-state index in [9.17, 15) is 19.7 Å². The number of aliphatic carboxylic acids is 1. The van der Waals surface area contributed by atoms with Crippen LogP contribution in [0.2, 0.25) is 0 Å². The van der Waals surface area contributed by atoms with Gasteiger partial charge in [0, 0.05) is 18.6 Å². The van der Waals surface area contributed by atoms with Crippen molar-refractivity contribution in [3.05, 3.63) is 34.4 Å². The van der Waals surface area contributed by atoms with Crippen LogP contribution in [0.3, 0.4) is 0 Å². The normalized spacial score (nSPS) is 21.0. The number of nitro benzene ring substituents is 1. The molecule has 0 aliphatic carbocycles. The molecule has 9 nitrogen and oxygen atoms in total. The molecule has 1 fully saturated rings. The molecule has 21 heavy (non-hydrogen) atoms. The van der Waals surface area contributed by atoms with Crippen LogP contribution in [0.1, 0.15) is 6.42 Å². The average molecular weight is 296 g/mol. The van der Waals surface area contributed by atoms with Crippen LogP contribution in [-0.4, -0.2) is 50.8 Å². The van der Waals surface area contributed by atoms with E-state index >= 15 is 0 Å². The third-order valence-corrected chi connectivity index (χ3v) is 3.14. The summed E-state index contributed by atoms with van der Waals surface area (Å²) >= 11 is 0. The van der Waals surface area contributed by atoms with Gasteiger partial charge in [-0.05, 0) is 12.1 Å². The molecule has 1 aromatic rings. The Morgan fingerprint density at radius 2 is 1.90 bits per heavy atom. The van der Waals surface area contributed by atoms with Crippen LogP contribution in [0, 0.1) is 10.1 Å². The molecule has 0 saturated carbocycles. The maximum absolute atomic E-state index is 11.0. The van der Waals surface area contributed by atoms with E-state index in [1.807, 2.05) is 0 Å². The number of carboxylic acids is 1. The average Bonchev–Trinajstić information content (AvgIpc) is 2.83. The fraction of sp³-hybridized carbons (Fsp3) is 0.333. The fourth-order valence-corrected chi connectivity index (χ4v) is 2.17. The number of non-ortho nitro benzene ring substituents is 1. The van der Waals surface area contributed by atoms with Crippen LogP contribution in [0.25, 0.3) is 0 Å². The highest BCUT2D eigenvalue weighted by molar-refractivity contribution is 5.80. The lowest BCUT2D eigenvalue weighted by Crippen LogP contribution is -2.39. The number of rotatable bonds is 4. The lowest BCUT2D eigenvalue weighted by Gasteiger charge is -2.16. The highest BCUT2D eigenvalue weighted by atomic mass is 16.6. The van der Waals surface area contributed by atoms with Gasteiger partial charge in [0.1, 0.15) is 17.9 Å². The quantitative estimate of drug-likeness (QED) is 0.630. The summed E-state index contributed by atoms with van der Waals surface area (Å²) in [5.74, 6) is -0.908. The maximum atomic E-state index is 11.0. The second kappa shape index (κ2) is 5.65. The number of likely N-dealkylation sites (tertiary alicyclic amines) is 1. The van der Waals surface area contributed by atoms with E-state index in [0.717, 1.165) is 4.90 Å². The summed E-state index contributed by atoms with van der Waals surface area (Å²) < 4.78 is 5.48. The molecular weight excluding hydrogens is 284 g/mol. The van der Waals surface area contributed by atoms with E-state index in [2.05, 4.69) is 0 Å². The molecule has 1 amide bonds. The van der Waals surface area contributed by atoms with Gasteiger partial charge in [0.25, 0.3) is 5.69 Å². The number of hydrogen-bond acceptors (Lipinski definition) is 5. The van der Waals surface area contributed by atoms with Crippen molar-refractivity contribution in [2.75, 3.05) is 6.54 Å². The van der Waals surface area contributed by atoms with E-state index in [-0.39, 0.29) is 18.7 Å². The summed E-state index contributed by atoms with van der Waals surface area (Å²) in [4.78, 5) is 32.7. The number of ether oxygens (including phenoxy) is 1. The van der Waals surface area contributed by atoms with Crippen LogP contribution in [0.15, 0.2) is 24.3 Å². The summed E-state index contributed by atoms with van der Waals surface area (Å²) in [5, 5.41) is 28.4. The third kappa shape index (κ3) is 3.19. The maximum Gasteiger partial charge on any atom is 0.408 e. The molecule has 0 aromatic heterocycles. The molecule has 2 rings (SSSR count). The Hall–Kier alpha value is -2.84. The summed E-state index contributed by atoms with van der Waals surface area (Å²) in [6, 6.07) is 4.14. The Labute approximate surface area is 118 Å². The molecule has 0 radical (unpaired) electrons. The van der Waals surface area contributed by atoms with Gasteiger partial charge >= 0.3 is 12.1 Å². The minimum atomic E-state index is -1.32. The van der Waals surface area contributed by atoms with Gasteiger partial charge in [-0.15, -0.1) is 0 Å². The van der Waals surface area contributed by atoms with E-state index in [0.29, 0.717) is 5.75 Å². The van der Waals surface area contributed by atoms with Gasteiger partial charge in [-0.1, -0.05) is 0 Å². The molecule has 2 atom stereocenters. The summed E-state index contributed by atoms with van der Waals surface area (Å²) in [5.41, 5.74) is -0.0932. The van der Waals surface area contributed by atoms with Crippen molar-refractivity contribution in [3.63, 3.8) is 0 Å². The van der Waals surface area contributed by atoms with Gasteiger partial charge in [-0.25, -0.2) is 9.59 Å². The summed E-state index contributed by atoms with van der Waals surface area (Å²) in [6.45, 7) is -0.0662. The first kappa shape index (κ1) is 14.6. The highest BCUT2D eigenvalue weighted by Gasteiger charge is 2.40.